The van der Waals surface area contributed by atoms with E-state index in [1.807, 2.05) is 57.3 Å². The molecule has 4 aliphatic heterocycles. The minimum absolute atomic E-state index is 0.0302. The van der Waals surface area contributed by atoms with Crippen molar-refractivity contribution in [2.75, 3.05) is 32.8 Å². The van der Waals surface area contributed by atoms with Crippen molar-refractivity contribution in [2.45, 2.75) is 76.8 Å². The number of benzene rings is 3. The maximum Gasteiger partial charge on any atom is 0.308 e. The van der Waals surface area contributed by atoms with Crippen LogP contribution in [0.25, 0.3) is 0 Å². The monoisotopic (exact) mass is 726 g/mol. The molecule has 0 radical (unpaired) electrons. The molecular weight excluding hydrogens is 685 g/mol. The van der Waals surface area contributed by atoms with E-state index in [1.165, 1.54) is 14.0 Å². The van der Waals surface area contributed by atoms with Gasteiger partial charge in [-0.05, 0) is 76.1 Å². The minimum Gasteiger partial charge on any atom is -0.504 e. The molecule has 7 rings (SSSR count). The standard InChI is InChI=1S/C38H42N6O7S/c1-18-12-22-13-25-27(15-39)44-26(31(43(25)5)29(22)32(46)33(18)48-6)14-24-30(36-35(49-17-50-36)19(2)34(24)51-21(4)45)28(44)16-40-37(47)20(3)41-38(52)42-23-10-8-7-9-11-23/h7-12,20,25-28,31,46H,13-14,16-17H2,1-6H3,(H,40,47)(H2,41,42,52)/t20?,25-,26?,27+,28+,31+/m1/s1. The predicted molar refractivity (Wildman–Crippen MR) is 196 cm³/mol. The number of esters is 1. The maximum absolute atomic E-state index is 13.7. The van der Waals surface area contributed by atoms with E-state index < -0.39 is 30.1 Å². The number of nitrogens with one attached hydrogen (secondary N) is 3. The lowest BCUT2D eigenvalue weighted by Crippen LogP contribution is -2.69. The predicted octanol–water partition coefficient (Wildman–Crippen LogP) is 3.93. The number of piperazine rings is 1. The lowest BCUT2D eigenvalue weighted by molar-refractivity contribution is -0.132. The molecule has 0 aliphatic carbocycles. The van der Waals surface area contributed by atoms with Gasteiger partial charge < -0.3 is 40.0 Å². The van der Waals surface area contributed by atoms with Gasteiger partial charge in [0.25, 0.3) is 0 Å². The van der Waals surface area contributed by atoms with Crippen molar-refractivity contribution >= 4 is 34.9 Å². The Morgan fingerprint density at radius 1 is 1.12 bits per heavy atom. The van der Waals surface area contributed by atoms with Crippen LogP contribution in [0.5, 0.6) is 28.7 Å². The number of aromatic hydroxyl groups is 1. The number of methoxy groups -OCH3 is 1. The number of phenolic OH excluding ortho intramolecular Hbond substituents is 1. The highest BCUT2D eigenvalue weighted by Gasteiger charge is 2.57. The molecule has 14 heteroatoms. The van der Waals surface area contributed by atoms with Gasteiger partial charge in [-0.3, -0.25) is 19.4 Å². The zero-order valence-electron chi connectivity index (χ0n) is 29.9. The normalized spacial score (nSPS) is 23.2. The first kappa shape index (κ1) is 35.3. The van der Waals surface area contributed by atoms with Crippen LogP contribution in [0.2, 0.25) is 0 Å². The van der Waals surface area contributed by atoms with E-state index in [0.29, 0.717) is 52.1 Å². The minimum atomic E-state index is -0.708. The maximum atomic E-state index is 13.7. The number of phenols is 1. The smallest absolute Gasteiger partial charge is 0.308 e. The highest BCUT2D eigenvalue weighted by molar-refractivity contribution is 7.80. The number of carbonyl (C=O) groups excluding carboxylic acids is 2. The third-order valence-electron chi connectivity index (χ3n) is 10.8. The summed E-state index contributed by atoms with van der Waals surface area (Å²) >= 11 is 5.49. The first-order valence-electron chi connectivity index (χ1n) is 17.3. The van der Waals surface area contributed by atoms with Crippen molar-refractivity contribution in [2.24, 2.45) is 0 Å². The number of ether oxygens (including phenoxy) is 4. The highest BCUT2D eigenvalue weighted by Crippen LogP contribution is 2.58. The van der Waals surface area contributed by atoms with Crippen LogP contribution in [0.15, 0.2) is 36.4 Å². The molecule has 52 heavy (non-hydrogen) atoms. The van der Waals surface area contributed by atoms with E-state index in [-0.39, 0.29) is 37.1 Å². The summed E-state index contributed by atoms with van der Waals surface area (Å²) in [7, 11) is 3.52. The van der Waals surface area contributed by atoms with Crippen LogP contribution < -0.4 is 34.9 Å². The number of rotatable bonds is 7. The quantitative estimate of drug-likeness (QED) is 0.158. The lowest BCUT2D eigenvalue weighted by Gasteiger charge is -2.60. The summed E-state index contributed by atoms with van der Waals surface area (Å²) in [5.74, 6) is 1.00. The number of hydrogen-bond acceptors (Lipinski definition) is 11. The van der Waals surface area contributed by atoms with Gasteiger partial charge in [0.15, 0.2) is 28.1 Å². The van der Waals surface area contributed by atoms with E-state index in [2.05, 4.69) is 31.8 Å². The molecule has 4 aliphatic rings. The van der Waals surface area contributed by atoms with Gasteiger partial charge >= 0.3 is 5.97 Å². The molecule has 0 spiro atoms. The van der Waals surface area contributed by atoms with Crippen LogP contribution in [0.4, 0.5) is 5.69 Å². The van der Waals surface area contributed by atoms with E-state index >= 15 is 0 Å². The Hall–Kier alpha value is -5.10. The fourth-order valence-electron chi connectivity index (χ4n) is 8.61. The second-order valence-corrected chi connectivity index (χ2v) is 14.2. The molecular formula is C38H42N6O7S. The van der Waals surface area contributed by atoms with E-state index in [4.69, 9.17) is 31.2 Å². The Labute approximate surface area is 307 Å². The highest BCUT2D eigenvalue weighted by atomic mass is 32.1. The van der Waals surface area contributed by atoms with Gasteiger partial charge in [0.2, 0.25) is 12.7 Å². The van der Waals surface area contributed by atoms with Gasteiger partial charge in [-0.25, -0.2) is 0 Å². The number of anilines is 1. The summed E-state index contributed by atoms with van der Waals surface area (Å²) in [4.78, 5) is 30.6. The molecule has 4 N–H and O–H groups in total. The zero-order chi connectivity index (χ0) is 37.0. The summed E-state index contributed by atoms with van der Waals surface area (Å²) in [6.45, 7) is 6.85. The number of hydrogen-bond donors (Lipinski definition) is 4. The number of nitrogens with zero attached hydrogens (tertiary/aromatic N) is 3. The van der Waals surface area contributed by atoms with Crippen LogP contribution in [0, 0.1) is 25.2 Å². The molecule has 0 aromatic heterocycles. The van der Waals surface area contributed by atoms with Crippen LogP contribution in [-0.4, -0.2) is 83.6 Å². The van der Waals surface area contributed by atoms with Crippen molar-refractivity contribution in [3.8, 4) is 34.8 Å². The summed E-state index contributed by atoms with van der Waals surface area (Å²) in [5.41, 5.74) is 5.34. The fraction of sp³-hybridized carbons (Fsp3) is 0.421. The molecule has 6 atom stereocenters. The average molecular weight is 727 g/mol. The van der Waals surface area contributed by atoms with Crippen LogP contribution in [0.1, 0.15) is 59.3 Å². The number of amides is 1. The van der Waals surface area contributed by atoms with Crippen molar-refractivity contribution < 1.29 is 33.6 Å². The Kier molecular flexibility index (Phi) is 9.37. The molecule has 1 saturated heterocycles. The van der Waals surface area contributed by atoms with Crippen LogP contribution in [0.3, 0.4) is 0 Å². The number of nitriles is 1. The summed E-state index contributed by atoms with van der Waals surface area (Å²) in [6.07, 6.45) is 0.872. The Balaban J connectivity index is 1.31. The summed E-state index contributed by atoms with van der Waals surface area (Å²) < 4.78 is 23.6. The third kappa shape index (κ3) is 5.82. The molecule has 2 bridgehead atoms. The third-order valence-corrected chi connectivity index (χ3v) is 11.0. The fourth-order valence-corrected chi connectivity index (χ4v) is 8.91. The van der Waals surface area contributed by atoms with Gasteiger partial charge in [0.05, 0.1) is 25.3 Å². The first-order valence-corrected chi connectivity index (χ1v) is 17.7. The molecule has 3 aromatic carbocycles. The molecule has 0 saturated carbocycles. The zero-order valence-corrected chi connectivity index (χ0v) is 30.7. The Bertz CT molecular complexity index is 2000. The SMILES string of the molecule is COc1c(C)cc2c(c1O)[C@@H]1C3Cc4c(OC(C)=O)c(C)c5c(c4[C@H](CNC(=O)C(C)NC(=S)Nc4ccccc4)N3[C@@H](C#N)[C@@H](C2)N1C)OCO5. The van der Waals surface area contributed by atoms with Gasteiger partial charge in [0.1, 0.15) is 17.8 Å². The number of thiocarbonyl (C=S) groups is 1. The lowest BCUT2D eigenvalue weighted by atomic mass is 9.71. The number of para-hydroxylation sites is 1. The Morgan fingerprint density at radius 2 is 1.85 bits per heavy atom. The van der Waals surface area contributed by atoms with Crippen molar-refractivity contribution in [3.05, 3.63) is 69.8 Å². The second kappa shape index (κ2) is 13.8. The van der Waals surface area contributed by atoms with Crippen LogP contribution in [-0.2, 0) is 22.4 Å². The molecule has 2 unspecified atom stereocenters. The molecule has 1 fully saturated rings. The van der Waals surface area contributed by atoms with E-state index in [0.717, 1.165) is 27.9 Å². The largest absolute Gasteiger partial charge is 0.504 e. The number of carbonyl (C=O) groups is 2. The molecule has 13 nitrogen and oxygen atoms in total. The van der Waals surface area contributed by atoms with Crippen molar-refractivity contribution in [1.82, 2.24) is 20.4 Å². The van der Waals surface area contributed by atoms with E-state index in [1.54, 1.807) is 6.92 Å². The number of likely N-dealkylation sites (N-methyl/N-ethyl adjacent to an activating group) is 1. The molecule has 272 valence electrons. The first-order chi connectivity index (χ1) is 24.9. The number of fused-ring (bicyclic) bond motifs is 9. The van der Waals surface area contributed by atoms with Gasteiger partial charge in [-0.1, -0.05) is 24.3 Å². The van der Waals surface area contributed by atoms with Crippen molar-refractivity contribution in [1.29, 1.82) is 5.26 Å². The van der Waals surface area contributed by atoms with Crippen molar-refractivity contribution in [3.63, 3.8) is 0 Å². The molecule has 1 amide bonds. The summed E-state index contributed by atoms with van der Waals surface area (Å²) in [6, 6.07) is 11.1. The number of aryl methyl sites for hydroxylation is 1. The van der Waals surface area contributed by atoms with Gasteiger partial charge in [0, 0.05) is 53.5 Å². The van der Waals surface area contributed by atoms with E-state index in [9.17, 15) is 20.0 Å². The van der Waals surface area contributed by atoms with Gasteiger partial charge in [-0.15, -0.1) is 0 Å². The summed E-state index contributed by atoms with van der Waals surface area (Å²) in [5, 5.41) is 32.2. The molecule has 4 heterocycles. The van der Waals surface area contributed by atoms with Crippen LogP contribution >= 0.6 is 12.2 Å². The molecule has 3 aromatic rings. The average Bonchev–Trinajstić information content (AvgIpc) is 3.60. The Morgan fingerprint density at radius 3 is 2.54 bits per heavy atom. The topological polar surface area (TPSA) is 158 Å². The second-order valence-electron chi connectivity index (χ2n) is 13.8. The van der Waals surface area contributed by atoms with Gasteiger partial charge in [-0.2, -0.15) is 5.26 Å².